The highest BCUT2D eigenvalue weighted by molar-refractivity contribution is 5.95. The van der Waals surface area contributed by atoms with Crippen LogP contribution in [-0.2, 0) is 0 Å². The fraction of sp³-hybridized carbons (Fsp3) is 0.242. The first-order chi connectivity index (χ1) is 18.0. The Morgan fingerprint density at radius 3 is 2.65 bits per heavy atom. The number of benzene rings is 1. The summed E-state index contributed by atoms with van der Waals surface area (Å²) in [5, 5.41) is 4.31. The van der Waals surface area contributed by atoms with Crippen LogP contribution in [0.25, 0.3) is 22.6 Å². The Bertz CT molecular complexity index is 1300. The minimum Gasteiger partial charge on any atom is -0.396 e. The van der Waals surface area contributed by atoms with E-state index in [4.69, 9.17) is 16.5 Å². The van der Waals surface area contributed by atoms with Crippen LogP contribution >= 0.6 is 0 Å². The van der Waals surface area contributed by atoms with Crippen LogP contribution in [0.5, 0.6) is 0 Å². The first-order valence-electron chi connectivity index (χ1n) is 13.0. The van der Waals surface area contributed by atoms with Gasteiger partial charge in [-0.25, -0.2) is 4.98 Å². The number of fused-ring (bicyclic) bond motifs is 1. The molecule has 1 aliphatic rings. The van der Waals surface area contributed by atoms with Crippen molar-refractivity contribution in [1.82, 2.24) is 10.3 Å². The van der Waals surface area contributed by atoms with Gasteiger partial charge in [0, 0.05) is 11.1 Å². The quantitative estimate of drug-likeness (QED) is 0.174. The molecular formula is C33H40N4. The monoisotopic (exact) mass is 492 g/mol. The van der Waals surface area contributed by atoms with Gasteiger partial charge in [0.2, 0.25) is 0 Å². The lowest BCUT2D eigenvalue weighted by molar-refractivity contribution is 0.368. The molecule has 5 N–H and O–H groups in total. The van der Waals surface area contributed by atoms with Crippen molar-refractivity contribution in [1.29, 1.82) is 0 Å². The normalized spacial score (nSPS) is 19.4. The van der Waals surface area contributed by atoms with Crippen molar-refractivity contribution < 1.29 is 0 Å². The summed E-state index contributed by atoms with van der Waals surface area (Å²) in [6.07, 6.45) is 23.6. The van der Waals surface area contributed by atoms with Crippen LogP contribution in [0.3, 0.4) is 0 Å². The Balaban J connectivity index is 1.91. The fourth-order valence-electron chi connectivity index (χ4n) is 4.94. The summed E-state index contributed by atoms with van der Waals surface area (Å²) in [5.74, 6) is 1.03. The van der Waals surface area contributed by atoms with E-state index < -0.39 is 0 Å². The van der Waals surface area contributed by atoms with E-state index >= 15 is 0 Å². The maximum atomic E-state index is 6.66. The van der Waals surface area contributed by atoms with E-state index in [2.05, 4.69) is 80.9 Å². The number of nitrogens with one attached hydrogen (secondary N) is 1. The van der Waals surface area contributed by atoms with E-state index in [1.54, 1.807) is 12.2 Å². The minimum absolute atomic E-state index is 0.325. The number of anilines is 1. The van der Waals surface area contributed by atoms with Crippen LogP contribution < -0.4 is 16.8 Å². The maximum absolute atomic E-state index is 6.66. The molecule has 4 nitrogen and oxygen atoms in total. The molecule has 0 bridgehead atoms. The molecular weight excluding hydrogens is 452 g/mol. The number of nitrogens with two attached hydrogens (primary N) is 2. The SMILES string of the molecule is C=C/C=C\C(=C/C)c1ccc2ccc(/C=C\C(CC)C3C=CC=C(/C(=C/C=C)NCN)C3C)c(N)c2n1. The second-order valence-electron chi connectivity index (χ2n) is 9.18. The summed E-state index contributed by atoms with van der Waals surface area (Å²) < 4.78 is 0. The summed E-state index contributed by atoms with van der Waals surface area (Å²) in [5.41, 5.74) is 19.2. The first-order valence-corrected chi connectivity index (χ1v) is 13.0. The highest BCUT2D eigenvalue weighted by Crippen LogP contribution is 2.37. The Morgan fingerprint density at radius 1 is 1.19 bits per heavy atom. The highest BCUT2D eigenvalue weighted by atomic mass is 15.0. The van der Waals surface area contributed by atoms with E-state index in [1.165, 1.54) is 5.57 Å². The molecule has 0 spiro atoms. The zero-order valence-electron chi connectivity index (χ0n) is 22.3. The third kappa shape index (κ3) is 6.46. The van der Waals surface area contributed by atoms with Crippen molar-refractivity contribution >= 4 is 28.2 Å². The predicted molar refractivity (Wildman–Crippen MR) is 162 cm³/mol. The van der Waals surface area contributed by atoms with Crippen LogP contribution in [0, 0.1) is 17.8 Å². The molecule has 3 atom stereocenters. The van der Waals surface area contributed by atoms with Crippen molar-refractivity contribution in [2.45, 2.75) is 27.2 Å². The molecule has 192 valence electrons. The van der Waals surface area contributed by atoms with Crippen molar-refractivity contribution in [2.24, 2.45) is 23.5 Å². The van der Waals surface area contributed by atoms with Crippen LogP contribution in [0.1, 0.15) is 38.4 Å². The average molecular weight is 493 g/mol. The number of rotatable bonds is 11. The van der Waals surface area contributed by atoms with Gasteiger partial charge >= 0.3 is 0 Å². The summed E-state index contributed by atoms with van der Waals surface area (Å²) in [4.78, 5) is 4.91. The number of hydrogen-bond donors (Lipinski definition) is 3. The molecule has 0 saturated heterocycles. The molecule has 0 radical (unpaired) electrons. The van der Waals surface area contributed by atoms with Gasteiger partial charge in [0.15, 0.2) is 0 Å². The van der Waals surface area contributed by atoms with Gasteiger partial charge in [-0.3, -0.25) is 0 Å². The van der Waals surface area contributed by atoms with Gasteiger partial charge in [0.05, 0.1) is 23.6 Å². The van der Waals surface area contributed by atoms with Gasteiger partial charge < -0.3 is 16.8 Å². The Hall–Kier alpha value is -3.89. The minimum atomic E-state index is 0.325. The molecule has 1 aromatic carbocycles. The molecule has 4 heteroatoms. The molecule has 0 aliphatic heterocycles. The largest absolute Gasteiger partial charge is 0.396 e. The molecule has 1 aliphatic carbocycles. The maximum Gasteiger partial charge on any atom is 0.0944 e. The third-order valence-corrected chi connectivity index (χ3v) is 7.01. The fourth-order valence-corrected chi connectivity index (χ4v) is 4.94. The molecule has 37 heavy (non-hydrogen) atoms. The summed E-state index contributed by atoms with van der Waals surface area (Å²) in [6, 6.07) is 8.28. The molecule has 1 heterocycles. The predicted octanol–water partition coefficient (Wildman–Crippen LogP) is 7.33. The lowest BCUT2D eigenvalue weighted by Crippen LogP contribution is -2.29. The van der Waals surface area contributed by atoms with Crippen LogP contribution in [-0.4, -0.2) is 11.7 Å². The van der Waals surface area contributed by atoms with Crippen LogP contribution in [0.15, 0.2) is 109 Å². The molecule has 0 saturated carbocycles. The Morgan fingerprint density at radius 2 is 1.97 bits per heavy atom. The summed E-state index contributed by atoms with van der Waals surface area (Å²) in [6.45, 7) is 14.5. The van der Waals surface area contributed by atoms with Crippen LogP contribution in [0.4, 0.5) is 5.69 Å². The van der Waals surface area contributed by atoms with E-state index in [-0.39, 0.29) is 0 Å². The van der Waals surface area contributed by atoms with Crippen molar-refractivity contribution in [3.8, 4) is 0 Å². The Labute approximate surface area is 222 Å². The van der Waals surface area contributed by atoms with Crippen molar-refractivity contribution in [3.05, 3.63) is 121 Å². The second kappa shape index (κ2) is 13.4. The number of nitrogen functional groups attached to an aromatic ring is 1. The van der Waals surface area contributed by atoms with E-state index in [0.29, 0.717) is 30.1 Å². The smallest absolute Gasteiger partial charge is 0.0944 e. The van der Waals surface area contributed by atoms with Crippen molar-refractivity contribution in [3.63, 3.8) is 0 Å². The van der Waals surface area contributed by atoms with Gasteiger partial charge in [-0.15, -0.1) is 0 Å². The number of aromatic nitrogens is 1. The topological polar surface area (TPSA) is 77.0 Å². The highest BCUT2D eigenvalue weighted by Gasteiger charge is 2.27. The van der Waals surface area contributed by atoms with Crippen molar-refractivity contribution in [2.75, 3.05) is 12.4 Å². The van der Waals surface area contributed by atoms with Crippen LogP contribution in [0.2, 0.25) is 0 Å². The second-order valence-corrected chi connectivity index (χ2v) is 9.18. The molecule has 3 unspecified atom stereocenters. The number of pyridine rings is 1. The van der Waals surface area contributed by atoms with Gasteiger partial charge in [-0.05, 0) is 60.0 Å². The molecule has 3 rings (SSSR count). The standard InChI is InChI=1S/C33H40N4/c1-6-10-13-25(9-4)30-21-20-27-19-18-26(32(35)33(27)37-30)17-16-24(8-3)28-14-11-15-29(23(28)5)31(12-7-2)36-22-34/h6-7,9-21,23-24,28,36H,1-2,8,22,34-35H2,3-5H3/b13-10-,17-16-,25-9+,31-12-. The third-order valence-electron chi connectivity index (χ3n) is 7.01. The summed E-state index contributed by atoms with van der Waals surface area (Å²) >= 11 is 0. The number of allylic oxidation sites excluding steroid dienone is 12. The molecule has 0 amide bonds. The summed E-state index contributed by atoms with van der Waals surface area (Å²) in [7, 11) is 0. The first kappa shape index (κ1) is 27.7. The average Bonchev–Trinajstić information content (AvgIpc) is 2.91. The van der Waals surface area contributed by atoms with Gasteiger partial charge in [-0.2, -0.15) is 0 Å². The molecule has 1 aromatic heterocycles. The van der Waals surface area contributed by atoms with Gasteiger partial charge in [0.1, 0.15) is 0 Å². The zero-order valence-corrected chi connectivity index (χ0v) is 22.3. The molecule has 2 aromatic rings. The van der Waals surface area contributed by atoms with E-state index in [9.17, 15) is 0 Å². The van der Waals surface area contributed by atoms with Gasteiger partial charge in [0.25, 0.3) is 0 Å². The number of hydrogen-bond acceptors (Lipinski definition) is 4. The Kier molecular flexibility index (Phi) is 10.0. The zero-order chi connectivity index (χ0) is 26.8. The van der Waals surface area contributed by atoms with E-state index in [1.807, 2.05) is 37.3 Å². The lowest BCUT2D eigenvalue weighted by Gasteiger charge is -2.32. The number of nitrogens with zero attached hydrogens (tertiary/aromatic N) is 1. The molecule has 0 fully saturated rings. The van der Waals surface area contributed by atoms with E-state index in [0.717, 1.165) is 39.9 Å². The van der Waals surface area contributed by atoms with Gasteiger partial charge in [-0.1, -0.05) is 106 Å². The lowest BCUT2D eigenvalue weighted by atomic mass is 9.74.